The van der Waals surface area contributed by atoms with E-state index in [1.54, 1.807) is 22.3 Å². The minimum absolute atomic E-state index is 0. The second-order valence-corrected chi connectivity index (χ2v) is 47.4. The van der Waals surface area contributed by atoms with Crippen LogP contribution in [-0.2, 0) is 17.4 Å². The van der Waals surface area contributed by atoms with Gasteiger partial charge in [-0.3, -0.25) is 0 Å². The van der Waals surface area contributed by atoms with Crippen LogP contribution >= 0.6 is 24.8 Å². The third-order valence-corrected chi connectivity index (χ3v) is 29.8. The van der Waals surface area contributed by atoms with Crippen molar-refractivity contribution in [3.8, 4) is 44.5 Å². The second-order valence-electron chi connectivity index (χ2n) is 16.9. The molecule has 0 bridgehead atoms. The molecular weight excluding hydrogens is 815 g/mol. The number of unbranched alkanes of at least 4 members (excludes halogenated alkanes) is 2. The molecule has 4 heteroatoms. The largest absolute Gasteiger partial charge is 0.147 e. The quantitative estimate of drug-likeness (QED) is 0.108. The zero-order chi connectivity index (χ0) is 37.3. The van der Waals surface area contributed by atoms with E-state index >= 15 is 0 Å². The third-order valence-electron chi connectivity index (χ3n) is 12.4. The Morgan fingerprint density at radius 3 is 1.02 bits per heavy atom. The second kappa shape index (κ2) is 17.5. The van der Waals surface area contributed by atoms with Gasteiger partial charge in [-0.15, -0.1) is 24.8 Å². The van der Waals surface area contributed by atoms with E-state index in [4.69, 9.17) is 0 Å². The summed E-state index contributed by atoms with van der Waals surface area (Å²) in [5, 5.41) is 0. The third kappa shape index (κ3) is 7.73. The maximum absolute atomic E-state index is 4.09. The number of hydrogen-bond acceptors (Lipinski definition) is 0. The fourth-order valence-corrected chi connectivity index (χ4v) is 29.8. The summed E-state index contributed by atoms with van der Waals surface area (Å²) in [6.07, 6.45) is 12.5. The van der Waals surface area contributed by atoms with Gasteiger partial charge in [0.25, 0.3) is 0 Å². The van der Waals surface area contributed by atoms with Gasteiger partial charge >= 0.3 is 329 Å². The summed E-state index contributed by atoms with van der Waals surface area (Å²) in [6, 6.07) is 54.6. The fraction of sp³-hybridized carbons (Fsp3) is 0.231. The van der Waals surface area contributed by atoms with Crippen molar-refractivity contribution in [1.29, 1.82) is 0 Å². The molecule has 2 aliphatic carbocycles. The number of allylic oxidation sites excluding steroid dienone is 2. The van der Waals surface area contributed by atoms with Gasteiger partial charge in [0.05, 0.1) is 0 Å². The Kier molecular flexibility index (Phi) is 13.2. The summed E-state index contributed by atoms with van der Waals surface area (Å²) in [5.74, 6) is 0. The van der Waals surface area contributed by atoms with Crippen LogP contribution in [0.2, 0.25) is 9.26 Å². The first-order chi connectivity index (χ1) is 26.3. The van der Waals surface area contributed by atoms with E-state index in [1.807, 2.05) is 0 Å². The molecule has 2 atom stereocenters. The summed E-state index contributed by atoms with van der Waals surface area (Å²) >= 11 is -4.09. The van der Waals surface area contributed by atoms with Gasteiger partial charge in [-0.05, 0) is 0 Å². The van der Waals surface area contributed by atoms with E-state index in [-0.39, 0.29) is 24.8 Å². The Bertz CT molecular complexity index is 2260. The van der Waals surface area contributed by atoms with Crippen molar-refractivity contribution in [3.05, 3.63) is 179 Å². The van der Waals surface area contributed by atoms with Crippen LogP contribution in [0, 0.1) is 0 Å². The molecule has 8 rings (SSSR count). The van der Waals surface area contributed by atoms with Gasteiger partial charge in [-0.25, -0.2) is 0 Å². The SMILES string of the molecule is CCCCC1=Cc2c(-c3ccccc3)ccc(-c3ccccc3)c2[CH]1[Zr]([CH3])([CH3])(=[SiH2])[CH]1C(CCCC)=Cc2c(-c3ccccc3)ccc(-c3ccccc3)c21.Cl.Cl. The topological polar surface area (TPSA) is 0 Å². The van der Waals surface area contributed by atoms with Gasteiger partial charge in [-0.2, -0.15) is 0 Å². The molecule has 0 aliphatic heterocycles. The molecule has 0 heterocycles. The van der Waals surface area contributed by atoms with Crippen LogP contribution in [0.3, 0.4) is 0 Å². The molecule has 0 saturated heterocycles. The zero-order valence-corrected chi connectivity index (χ0v) is 38.9. The molecule has 6 aromatic rings. The standard InChI is InChI=1S/2C25H23.2CH3.2ClH.H2Si.Zr/c2*1-2-3-10-19-17-24-22(20-11-6-4-7-12-20)15-16-23(25(24)18-19)21-13-8-5-9-14-21;;;;;;/h2*4-9,11-18H,2-3,10H2,1H3;2*1H3;2*1H;1H2;. The van der Waals surface area contributed by atoms with Crippen LogP contribution in [0.1, 0.15) is 81.9 Å². The minimum Gasteiger partial charge on any atom is -0.147 e. The summed E-state index contributed by atoms with van der Waals surface area (Å²) in [5.41, 5.74) is 20.4. The average molecular weight is 871 g/mol. The van der Waals surface area contributed by atoms with Crippen molar-refractivity contribution in [3.63, 3.8) is 0 Å². The molecule has 286 valence electrons. The Morgan fingerprint density at radius 1 is 0.429 bits per heavy atom. The van der Waals surface area contributed by atoms with Gasteiger partial charge < -0.3 is 0 Å². The molecule has 2 unspecified atom stereocenters. The predicted molar refractivity (Wildman–Crippen MR) is 250 cm³/mol. The van der Waals surface area contributed by atoms with Crippen molar-refractivity contribution >= 4 is 43.8 Å². The van der Waals surface area contributed by atoms with Gasteiger partial charge in [-0.1, -0.05) is 0 Å². The van der Waals surface area contributed by atoms with Crippen molar-refractivity contribution in [2.45, 2.75) is 68.9 Å². The van der Waals surface area contributed by atoms with Crippen molar-refractivity contribution in [2.75, 3.05) is 0 Å². The van der Waals surface area contributed by atoms with Gasteiger partial charge in [0, 0.05) is 0 Å². The Morgan fingerprint density at radius 2 is 0.714 bits per heavy atom. The summed E-state index contributed by atoms with van der Waals surface area (Å²) < 4.78 is 6.56. The molecule has 0 fully saturated rings. The van der Waals surface area contributed by atoms with Crippen LogP contribution in [0.4, 0.5) is 0 Å². The maximum atomic E-state index is 2.85. The summed E-state index contributed by atoms with van der Waals surface area (Å²) in [4.78, 5) is 0. The van der Waals surface area contributed by atoms with Crippen LogP contribution in [0.25, 0.3) is 56.7 Å². The molecule has 6 aromatic carbocycles. The molecular formula is C52H56Cl2SiZr. The predicted octanol–water partition coefficient (Wildman–Crippen LogP) is 15.5. The molecule has 0 spiro atoms. The minimum atomic E-state index is -4.09. The molecule has 0 aromatic heterocycles. The van der Waals surface area contributed by atoms with Crippen LogP contribution in [-0.4, -0.2) is 6.88 Å². The summed E-state index contributed by atoms with van der Waals surface area (Å²) in [6.45, 7) is 7.23. The Balaban J connectivity index is 0.00000266. The molecule has 0 radical (unpaired) electrons. The molecule has 56 heavy (non-hydrogen) atoms. The van der Waals surface area contributed by atoms with E-state index in [9.17, 15) is 0 Å². The average Bonchev–Trinajstić information content (AvgIpc) is 3.81. The first-order valence-electron chi connectivity index (χ1n) is 20.3. The number of rotatable bonds is 12. The van der Waals surface area contributed by atoms with Crippen molar-refractivity contribution in [2.24, 2.45) is 0 Å². The van der Waals surface area contributed by atoms with Gasteiger partial charge in [0.1, 0.15) is 0 Å². The number of hydrogen-bond donors (Lipinski definition) is 0. The molecule has 2 aliphatic rings. The first-order valence-corrected chi connectivity index (χ1v) is 34.0. The molecule has 0 nitrogen and oxygen atoms in total. The van der Waals surface area contributed by atoms with Gasteiger partial charge in [0.2, 0.25) is 0 Å². The molecule has 0 N–H and O–H groups in total. The number of benzene rings is 6. The molecule has 0 amide bonds. The van der Waals surface area contributed by atoms with E-state index < -0.39 is 17.4 Å². The number of halogens is 2. The fourth-order valence-electron chi connectivity index (χ4n) is 10.1. The van der Waals surface area contributed by atoms with Crippen LogP contribution in [0.5, 0.6) is 0 Å². The van der Waals surface area contributed by atoms with E-state index in [2.05, 4.69) is 188 Å². The first kappa shape index (κ1) is 42.1. The smallest absolute Gasteiger partial charge is 0.147 e. The van der Waals surface area contributed by atoms with Crippen LogP contribution in [0.15, 0.2) is 157 Å². The molecule has 0 saturated carbocycles. The van der Waals surface area contributed by atoms with E-state index in [0.717, 1.165) is 12.8 Å². The van der Waals surface area contributed by atoms with Crippen molar-refractivity contribution < 1.29 is 17.4 Å². The zero-order valence-electron chi connectivity index (χ0n) is 33.4. The maximum Gasteiger partial charge on any atom is -0.147 e. The van der Waals surface area contributed by atoms with Crippen LogP contribution < -0.4 is 0 Å². The summed E-state index contributed by atoms with van der Waals surface area (Å²) in [7, 11) is 0. The van der Waals surface area contributed by atoms with Crippen molar-refractivity contribution in [1.82, 2.24) is 0 Å². The van der Waals surface area contributed by atoms with E-state index in [1.165, 1.54) is 81.3 Å². The monoisotopic (exact) mass is 868 g/mol. The normalized spacial score (nSPS) is 15.9. The van der Waals surface area contributed by atoms with E-state index in [0.29, 0.717) is 7.25 Å². The number of fused-ring (bicyclic) bond motifs is 2. The Labute approximate surface area is 350 Å². The Hall–Kier alpha value is -3.52. The van der Waals surface area contributed by atoms with Gasteiger partial charge in [0.15, 0.2) is 0 Å².